The highest BCUT2D eigenvalue weighted by atomic mass is 35.5. The molecule has 0 unspecified atom stereocenters. The molecule has 36 heavy (non-hydrogen) atoms. The predicted octanol–water partition coefficient (Wildman–Crippen LogP) is 4.35. The van der Waals surface area contributed by atoms with Gasteiger partial charge in [-0.05, 0) is 58.0 Å². The van der Waals surface area contributed by atoms with Gasteiger partial charge in [-0.15, -0.1) is 0 Å². The number of benzene rings is 1. The number of amides is 1. The molecule has 2 aliphatic heterocycles. The molecule has 0 saturated carbocycles. The van der Waals surface area contributed by atoms with Gasteiger partial charge >= 0.3 is 0 Å². The Hall–Kier alpha value is -1.84. The normalized spacial score (nSPS) is 22.1. The van der Waals surface area contributed by atoms with Crippen molar-refractivity contribution in [1.82, 2.24) is 19.8 Å². The number of anilines is 2. The summed E-state index contributed by atoms with van der Waals surface area (Å²) in [7, 11) is 3.89. The first-order valence-corrected chi connectivity index (χ1v) is 13.4. The van der Waals surface area contributed by atoms with Crippen molar-refractivity contribution in [3.63, 3.8) is 0 Å². The molecule has 8 nitrogen and oxygen atoms in total. The Labute approximate surface area is 227 Å². The van der Waals surface area contributed by atoms with E-state index >= 15 is 0 Å². The lowest BCUT2D eigenvalue weighted by atomic mass is 9.93. The van der Waals surface area contributed by atoms with Crippen LogP contribution in [0.1, 0.15) is 37.8 Å². The van der Waals surface area contributed by atoms with Gasteiger partial charge in [0.15, 0.2) is 5.82 Å². The molecule has 4 rings (SSSR count). The fourth-order valence-electron chi connectivity index (χ4n) is 4.96. The van der Waals surface area contributed by atoms with Gasteiger partial charge in [0.05, 0.1) is 24.4 Å². The van der Waals surface area contributed by atoms with E-state index in [1.54, 1.807) is 18.3 Å². The molecule has 0 radical (unpaired) electrons. The number of carbonyl (C=O) groups is 1. The number of likely N-dealkylation sites (tertiary alicyclic amines) is 1. The molecule has 2 fully saturated rings. The lowest BCUT2D eigenvalue weighted by molar-refractivity contribution is -0.140. The molecule has 3 atom stereocenters. The van der Waals surface area contributed by atoms with Crippen molar-refractivity contribution < 1.29 is 9.90 Å². The van der Waals surface area contributed by atoms with Crippen molar-refractivity contribution in [2.75, 3.05) is 50.5 Å². The molecule has 196 valence electrons. The van der Waals surface area contributed by atoms with Gasteiger partial charge in [-0.3, -0.25) is 4.79 Å². The lowest BCUT2D eigenvalue weighted by Crippen LogP contribution is -2.56. The summed E-state index contributed by atoms with van der Waals surface area (Å²) in [6.45, 7) is 4.52. The maximum atomic E-state index is 13.2. The molecule has 0 bridgehead atoms. The third-order valence-corrected chi connectivity index (χ3v) is 8.00. The molecule has 3 heterocycles. The fraction of sp³-hybridized carbons (Fsp3) is 0.560. The van der Waals surface area contributed by atoms with Crippen LogP contribution in [0, 0.1) is 5.92 Å². The number of aliphatic hydroxyl groups excluding tert-OH is 1. The number of hydrogen-bond donors (Lipinski definition) is 2. The van der Waals surface area contributed by atoms with Crippen molar-refractivity contribution in [3.8, 4) is 0 Å². The van der Waals surface area contributed by atoms with E-state index in [9.17, 15) is 9.90 Å². The molecule has 2 aliphatic rings. The number of carbonyl (C=O) groups excluding carboxylic acids is 1. The highest BCUT2D eigenvalue weighted by Gasteiger charge is 2.35. The standard InChI is InChI=1S/C25H33Cl3N6O2/c1-15(18-5-4-17(26)12-19(18)27)30-23-20(28)13-29-25(31-23)33-9-6-16(7-10-33)24(36)34-11-8-22(35)21(14-34)32(2)3/h4-5,12-13,15-16,21-22,35H,6-11,14H2,1-3H3,(H,29,30,31)/t15-,21+,22+/m1/s1. The van der Waals surface area contributed by atoms with Crippen LogP contribution >= 0.6 is 34.8 Å². The molecule has 11 heteroatoms. The molecule has 1 amide bonds. The summed E-state index contributed by atoms with van der Waals surface area (Å²) in [4.78, 5) is 28.3. The van der Waals surface area contributed by atoms with E-state index in [1.165, 1.54) is 0 Å². The zero-order chi connectivity index (χ0) is 26.0. The zero-order valence-electron chi connectivity index (χ0n) is 20.8. The van der Waals surface area contributed by atoms with Crippen molar-refractivity contribution in [2.24, 2.45) is 5.92 Å². The van der Waals surface area contributed by atoms with Crippen LogP contribution in [0.4, 0.5) is 11.8 Å². The van der Waals surface area contributed by atoms with Crippen LogP contribution < -0.4 is 10.2 Å². The second-order valence-corrected chi connectivity index (χ2v) is 11.1. The van der Waals surface area contributed by atoms with Crippen LogP contribution in [0.15, 0.2) is 24.4 Å². The summed E-state index contributed by atoms with van der Waals surface area (Å²) in [6, 6.07) is 5.21. The van der Waals surface area contributed by atoms with Crippen LogP contribution in [0.2, 0.25) is 15.1 Å². The Morgan fingerprint density at radius 1 is 1.14 bits per heavy atom. The number of rotatable bonds is 6. The number of nitrogens with one attached hydrogen (secondary N) is 1. The first kappa shape index (κ1) is 27.2. The summed E-state index contributed by atoms with van der Waals surface area (Å²) in [5, 5.41) is 15.2. The van der Waals surface area contributed by atoms with Gasteiger partial charge in [0, 0.05) is 42.1 Å². The van der Waals surface area contributed by atoms with Gasteiger partial charge < -0.3 is 25.1 Å². The number of piperidine rings is 2. The van der Waals surface area contributed by atoms with E-state index in [4.69, 9.17) is 34.8 Å². The van der Waals surface area contributed by atoms with E-state index in [2.05, 4.69) is 20.2 Å². The third kappa shape index (κ3) is 6.17. The minimum atomic E-state index is -0.394. The summed E-state index contributed by atoms with van der Waals surface area (Å²) < 4.78 is 0. The van der Waals surface area contributed by atoms with Crippen LogP contribution in [0.25, 0.3) is 0 Å². The second-order valence-electron chi connectivity index (χ2n) is 9.83. The van der Waals surface area contributed by atoms with Crippen molar-refractivity contribution in [1.29, 1.82) is 0 Å². The largest absolute Gasteiger partial charge is 0.391 e. The number of nitrogens with zero attached hydrogens (tertiary/aromatic N) is 5. The molecule has 2 aromatic rings. The first-order valence-electron chi connectivity index (χ1n) is 12.3. The SMILES string of the molecule is C[C@@H](Nc1nc(N2CCC(C(=O)N3CC[C@H](O)[C@@H](N(C)C)C3)CC2)ncc1Cl)c1ccc(Cl)cc1Cl. The number of likely N-dealkylation sites (N-methyl/N-ethyl adjacent to an activating group) is 1. The molecule has 1 aromatic heterocycles. The highest BCUT2D eigenvalue weighted by Crippen LogP contribution is 2.31. The van der Waals surface area contributed by atoms with Crippen molar-refractivity contribution in [2.45, 2.75) is 44.4 Å². The molecule has 2 saturated heterocycles. The van der Waals surface area contributed by atoms with Crippen LogP contribution in [0.3, 0.4) is 0 Å². The van der Waals surface area contributed by atoms with Crippen molar-refractivity contribution >= 4 is 52.5 Å². The summed E-state index contributed by atoms with van der Waals surface area (Å²) >= 11 is 18.8. The van der Waals surface area contributed by atoms with Crippen LogP contribution in [0.5, 0.6) is 0 Å². The Bertz CT molecular complexity index is 1080. The minimum absolute atomic E-state index is 0.0266. The number of halogens is 3. The summed E-state index contributed by atoms with van der Waals surface area (Å²) in [5.41, 5.74) is 0.887. The molecular formula is C25H33Cl3N6O2. The lowest BCUT2D eigenvalue weighted by Gasteiger charge is -2.41. The predicted molar refractivity (Wildman–Crippen MR) is 145 cm³/mol. The van der Waals surface area contributed by atoms with Gasteiger partial charge in [0.1, 0.15) is 5.02 Å². The van der Waals surface area contributed by atoms with Crippen molar-refractivity contribution in [3.05, 3.63) is 45.0 Å². The Morgan fingerprint density at radius 2 is 1.86 bits per heavy atom. The maximum absolute atomic E-state index is 13.2. The smallest absolute Gasteiger partial charge is 0.227 e. The highest BCUT2D eigenvalue weighted by molar-refractivity contribution is 6.35. The van der Waals surface area contributed by atoms with E-state index in [0.717, 1.165) is 18.4 Å². The fourth-order valence-corrected chi connectivity index (χ4v) is 5.68. The van der Waals surface area contributed by atoms with Gasteiger partial charge in [-0.25, -0.2) is 4.98 Å². The second kappa shape index (κ2) is 11.7. The van der Waals surface area contributed by atoms with Gasteiger partial charge in [-0.2, -0.15) is 4.98 Å². The molecule has 2 N–H and O–H groups in total. The first-order chi connectivity index (χ1) is 17.1. The summed E-state index contributed by atoms with van der Waals surface area (Å²) in [5.74, 6) is 1.26. The van der Waals surface area contributed by atoms with Gasteiger partial charge in [0.25, 0.3) is 0 Å². The molecule has 0 spiro atoms. The van der Waals surface area contributed by atoms with E-state index in [-0.39, 0.29) is 23.9 Å². The number of aromatic nitrogens is 2. The number of hydrogen-bond acceptors (Lipinski definition) is 7. The maximum Gasteiger partial charge on any atom is 0.227 e. The molecule has 0 aliphatic carbocycles. The van der Waals surface area contributed by atoms with E-state index < -0.39 is 6.10 Å². The number of aliphatic hydroxyl groups is 1. The Morgan fingerprint density at radius 3 is 2.53 bits per heavy atom. The van der Waals surface area contributed by atoms with Crippen LogP contribution in [-0.4, -0.2) is 83.2 Å². The zero-order valence-corrected chi connectivity index (χ0v) is 23.1. The Kier molecular flexibility index (Phi) is 8.83. The quantitative estimate of drug-likeness (QED) is 0.548. The topological polar surface area (TPSA) is 84.8 Å². The average Bonchev–Trinajstić information content (AvgIpc) is 2.85. The molecule has 1 aromatic carbocycles. The third-order valence-electron chi connectivity index (χ3n) is 7.16. The minimum Gasteiger partial charge on any atom is -0.391 e. The van der Waals surface area contributed by atoms with Crippen LogP contribution in [-0.2, 0) is 4.79 Å². The van der Waals surface area contributed by atoms with Gasteiger partial charge in [0.2, 0.25) is 11.9 Å². The Balaban J connectivity index is 1.37. The van der Waals surface area contributed by atoms with E-state index in [0.29, 0.717) is 59.4 Å². The van der Waals surface area contributed by atoms with Gasteiger partial charge in [-0.1, -0.05) is 40.9 Å². The average molecular weight is 556 g/mol. The summed E-state index contributed by atoms with van der Waals surface area (Å²) in [6.07, 6.45) is 3.28. The monoisotopic (exact) mass is 554 g/mol. The van der Waals surface area contributed by atoms with E-state index in [1.807, 2.05) is 36.9 Å². The molecular weight excluding hydrogens is 523 g/mol.